The van der Waals surface area contributed by atoms with E-state index in [0.717, 1.165) is 29.4 Å². The summed E-state index contributed by atoms with van der Waals surface area (Å²) in [5, 5.41) is 12.4. The molecule has 5 nitrogen and oxygen atoms in total. The van der Waals surface area contributed by atoms with Crippen molar-refractivity contribution in [1.29, 1.82) is 0 Å². The van der Waals surface area contributed by atoms with Gasteiger partial charge in [-0.3, -0.25) is 9.59 Å². The summed E-state index contributed by atoms with van der Waals surface area (Å²) in [6, 6.07) is 4.27. The number of carbonyl (C=O) groups is 2. The van der Waals surface area contributed by atoms with E-state index in [9.17, 15) is 9.59 Å². The van der Waals surface area contributed by atoms with Gasteiger partial charge in [-0.25, -0.2) is 0 Å². The average molecular weight is 315 g/mol. The zero-order valence-electron chi connectivity index (χ0n) is 13.1. The quantitative estimate of drug-likeness (QED) is 0.770. The highest BCUT2D eigenvalue weighted by Gasteiger charge is 2.16. The Morgan fingerprint density at radius 3 is 2.74 bits per heavy atom. The highest BCUT2D eigenvalue weighted by molar-refractivity contribution is 5.88. The summed E-state index contributed by atoms with van der Waals surface area (Å²) in [5.41, 5.74) is 4.50. The molecule has 5 heteroatoms. The van der Waals surface area contributed by atoms with Crippen LogP contribution in [0.3, 0.4) is 0 Å². The molecular formula is C18H21NO4. The molecule has 1 aliphatic carbocycles. The normalized spacial score (nSPS) is 13.2. The third-order valence-corrected chi connectivity index (χ3v) is 4.36. The predicted molar refractivity (Wildman–Crippen MR) is 86.4 cm³/mol. The van der Waals surface area contributed by atoms with Gasteiger partial charge >= 0.3 is 5.97 Å². The van der Waals surface area contributed by atoms with Crippen molar-refractivity contribution in [3.8, 4) is 0 Å². The molecule has 0 saturated carbocycles. The SMILES string of the molecule is O=C(O)CCCCNC(=O)Cc1coc2cc3c(cc12)CCC3. The van der Waals surface area contributed by atoms with Crippen LogP contribution >= 0.6 is 0 Å². The van der Waals surface area contributed by atoms with Crippen LogP contribution in [-0.2, 0) is 28.9 Å². The van der Waals surface area contributed by atoms with Gasteiger partial charge in [-0.05, 0) is 55.4 Å². The maximum atomic E-state index is 12.0. The summed E-state index contributed by atoms with van der Waals surface area (Å²) in [7, 11) is 0. The van der Waals surface area contributed by atoms with E-state index >= 15 is 0 Å². The molecule has 0 spiro atoms. The second-order valence-electron chi connectivity index (χ2n) is 6.11. The minimum atomic E-state index is -0.797. The summed E-state index contributed by atoms with van der Waals surface area (Å²) in [5.74, 6) is -0.850. The van der Waals surface area contributed by atoms with E-state index in [-0.39, 0.29) is 12.3 Å². The van der Waals surface area contributed by atoms with E-state index in [0.29, 0.717) is 25.8 Å². The summed E-state index contributed by atoms with van der Waals surface area (Å²) < 4.78 is 5.60. The molecule has 1 amide bonds. The fourth-order valence-electron chi connectivity index (χ4n) is 3.15. The van der Waals surface area contributed by atoms with Crippen LogP contribution in [0.2, 0.25) is 0 Å². The van der Waals surface area contributed by atoms with Crippen molar-refractivity contribution in [1.82, 2.24) is 5.32 Å². The van der Waals surface area contributed by atoms with Gasteiger partial charge in [-0.15, -0.1) is 0 Å². The number of rotatable bonds is 7. The van der Waals surface area contributed by atoms with E-state index < -0.39 is 5.97 Å². The Labute approximate surface area is 134 Å². The van der Waals surface area contributed by atoms with Crippen LogP contribution in [0, 0.1) is 0 Å². The monoisotopic (exact) mass is 315 g/mol. The lowest BCUT2D eigenvalue weighted by Gasteiger charge is -2.04. The molecule has 3 rings (SSSR count). The number of carbonyl (C=O) groups excluding carboxylic acids is 1. The Hall–Kier alpha value is -2.30. The lowest BCUT2D eigenvalue weighted by atomic mass is 10.0. The predicted octanol–water partition coefficient (Wildman–Crippen LogP) is 2.84. The number of furan rings is 1. The molecule has 0 unspecified atom stereocenters. The molecule has 0 fully saturated rings. The third-order valence-electron chi connectivity index (χ3n) is 4.36. The zero-order valence-corrected chi connectivity index (χ0v) is 13.1. The number of carboxylic acid groups (broad SMARTS) is 1. The van der Waals surface area contributed by atoms with Crippen molar-refractivity contribution in [2.24, 2.45) is 0 Å². The smallest absolute Gasteiger partial charge is 0.303 e. The van der Waals surface area contributed by atoms with E-state index in [2.05, 4.69) is 17.4 Å². The number of aryl methyl sites for hydroxylation is 2. The van der Waals surface area contributed by atoms with E-state index in [4.69, 9.17) is 9.52 Å². The first-order chi connectivity index (χ1) is 11.1. The molecule has 1 heterocycles. The molecule has 0 aliphatic heterocycles. The molecule has 0 radical (unpaired) electrons. The fourth-order valence-corrected chi connectivity index (χ4v) is 3.15. The summed E-state index contributed by atoms with van der Waals surface area (Å²) in [6.07, 6.45) is 6.77. The van der Waals surface area contributed by atoms with Crippen molar-refractivity contribution in [3.05, 3.63) is 35.1 Å². The van der Waals surface area contributed by atoms with E-state index in [1.54, 1.807) is 6.26 Å². The van der Waals surface area contributed by atoms with E-state index in [1.165, 1.54) is 17.5 Å². The van der Waals surface area contributed by atoms with Crippen molar-refractivity contribution in [2.75, 3.05) is 6.54 Å². The minimum Gasteiger partial charge on any atom is -0.481 e. The van der Waals surface area contributed by atoms with Crippen LogP contribution in [-0.4, -0.2) is 23.5 Å². The van der Waals surface area contributed by atoms with Crippen molar-refractivity contribution < 1.29 is 19.1 Å². The van der Waals surface area contributed by atoms with Gasteiger partial charge in [0.15, 0.2) is 0 Å². The minimum absolute atomic E-state index is 0.0523. The van der Waals surface area contributed by atoms with Crippen molar-refractivity contribution >= 4 is 22.8 Å². The van der Waals surface area contributed by atoms with Gasteiger partial charge in [0, 0.05) is 23.9 Å². The van der Waals surface area contributed by atoms with Crippen molar-refractivity contribution in [2.45, 2.75) is 44.9 Å². The number of nitrogens with one attached hydrogen (secondary N) is 1. The summed E-state index contributed by atoms with van der Waals surface area (Å²) >= 11 is 0. The maximum Gasteiger partial charge on any atom is 0.303 e. The molecule has 0 atom stereocenters. The van der Waals surface area contributed by atoms with Gasteiger partial charge in [-0.2, -0.15) is 0 Å². The molecule has 0 bridgehead atoms. The molecule has 1 aromatic carbocycles. The van der Waals surface area contributed by atoms with Crippen LogP contribution in [0.15, 0.2) is 22.8 Å². The first kappa shape index (κ1) is 15.6. The molecule has 23 heavy (non-hydrogen) atoms. The molecule has 0 saturated heterocycles. The number of aliphatic carboxylic acids is 1. The molecule has 122 valence electrons. The van der Waals surface area contributed by atoms with Crippen LogP contribution < -0.4 is 5.32 Å². The van der Waals surface area contributed by atoms with E-state index in [1.807, 2.05) is 0 Å². The third kappa shape index (κ3) is 3.73. The topological polar surface area (TPSA) is 79.5 Å². The van der Waals surface area contributed by atoms with Gasteiger partial charge in [0.25, 0.3) is 0 Å². The average Bonchev–Trinajstić information content (AvgIpc) is 3.11. The molecule has 2 aromatic rings. The van der Waals surface area contributed by atoms with Gasteiger partial charge in [-0.1, -0.05) is 0 Å². The highest BCUT2D eigenvalue weighted by atomic mass is 16.4. The van der Waals surface area contributed by atoms with Crippen LogP contribution in [0.4, 0.5) is 0 Å². The first-order valence-corrected chi connectivity index (χ1v) is 8.14. The number of hydrogen-bond donors (Lipinski definition) is 2. The fraction of sp³-hybridized carbons (Fsp3) is 0.444. The zero-order chi connectivity index (χ0) is 16.2. The molecule has 1 aromatic heterocycles. The van der Waals surface area contributed by atoms with Gasteiger partial charge in [0.2, 0.25) is 5.91 Å². The number of unbranched alkanes of at least 4 members (excludes halogenated alkanes) is 1. The second kappa shape index (κ2) is 6.86. The number of hydrogen-bond acceptors (Lipinski definition) is 3. The standard InChI is InChI=1S/C18H21NO4/c20-17(19-7-2-1-6-18(21)22)10-14-11-23-16-9-13-5-3-4-12(13)8-15(14)16/h8-9,11H,1-7,10H2,(H,19,20)(H,21,22). The second-order valence-corrected chi connectivity index (χ2v) is 6.11. The van der Waals surface area contributed by atoms with Crippen molar-refractivity contribution in [3.63, 3.8) is 0 Å². The number of fused-ring (bicyclic) bond motifs is 2. The van der Waals surface area contributed by atoms with Gasteiger partial charge in [0.05, 0.1) is 12.7 Å². The first-order valence-electron chi connectivity index (χ1n) is 8.14. The molecule has 1 aliphatic rings. The lowest BCUT2D eigenvalue weighted by Crippen LogP contribution is -2.26. The number of carboxylic acids is 1. The lowest BCUT2D eigenvalue weighted by molar-refractivity contribution is -0.137. The summed E-state index contributed by atoms with van der Waals surface area (Å²) in [4.78, 5) is 22.4. The molecule has 2 N–H and O–H groups in total. The van der Waals surface area contributed by atoms with Crippen LogP contribution in [0.5, 0.6) is 0 Å². The van der Waals surface area contributed by atoms with Crippen LogP contribution in [0.1, 0.15) is 42.4 Å². The number of amides is 1. The van der Waals surface area contributed by atoms with Gasteiger partial charge < -0.3 is 14.8 Å². The largest absolute Gasteiger partial charge is 0.481 e. The Kier molecular flexibility index (Phi) is 4.65. The Morgan fingerprint density at radius 1 is 1.17 bits per heavy atom. The maximum absolute atomic E-state index is 12.0. The van der Waals surface area contributed by atoms with Gasteiger partial charge in [0.1, 0.15) is 5.58 Å². The Bertz CT molecular complexity index is 732. The van der Waals surface area contributed by atoms with Crippen LogP contribution in [0.25, 0.3) is 11.0 Å². The Morgan fingerprint density at radius 2 is 1.96 bits per heavy atom. The Balaban J connectivity index is 1.56. The highest BCUT2D eigenvalue weighted by Crippen LogP contribution is 2.30. The molecular weight excluding hydrogens is 294 g/mol. The number of benzene rings is 1. The summed E-state index contributed by atoms with van der Waals surface area (Å²) in [6.45, 7) is 0.511.